The van der Waals surface area contributed by atoms with Crippen LogP contribution < -0.4 is 4.90 Å². The molecule has 118 valence electrons. The summed E-state index contributed by atoms with van der Waals surface area (Å²) in [6, 6.07) is 4.14. The topological polar surface area (TPSA) is 16.1 Å². The molecule has 2 heterocycles. The molecular formula is C17H26F2N2. The Labute approximate surface area is 126 Å². The summed E-state index contributed by atoms with van der Waals surface area (Å²) in [6.45, 7) is 7.31. The average molecular weight is 296 g/mol. The number of halogens is 2. The highest BCUT2D eigenvalue weighted by atomic mass is 19.3. The molecule has 1 saturated heterocycles. The first-order chi connectivity index (χ1) is 9.96. The monoisotopic (exact) mass is 296 g/mol. The lowest BCUT2D eigenvalue weighted by Gasteiger charge is -2.33. The van der Waals surface area contributed by atoms with Crippen molar-refractivity contribution in [2.75, 3.05) is 18.0 Å². The van der Waals surface area contributed by atoms with Crippen molar-refractivity contribution < 1.29 is 8.78 Å². The quantitative estimate of drug-likeness (QED) is 0.777. The molecule has 0 amide bonds. The maximum Gasteiger partial charge on any atom is 0.251 e. The zero-order valence-corrected chi connectivity index (χ0v) is 13.3. The number of hydrogen-bond acceptors (Lipinski definition) is 2. The van der Waals surface area contributed by atoms with E-state index in [0.29, 0.717) is 19.0 Å². The smallest absolute Gasteiger partial charge is 0.251 e. The van der Waals surface area contributed by atoms with E-state index in [1.807, 2.05) is 11.0 Å². The van der Waals surface area contributed by atoms with Gasteiger partial charge in [0.05, 0.1) is 0 Å². The summed E-state index contributed by atoms with van der Waals surface area (Å²) in [5.74, 6) is -1.23. The molecule has 0 spiro atoms. The average Bonchev–Trinajstić information content (AvgIpc) is 2.47. The number of aryl methyl sites for hydroxylation is 1. The molecule has 0 aliphatic carbocycles. The lowest BCUT2D eigenvalue weighted by molar-refractivity contribution is -0.0221. The van der Waals surface area contributed by atoms with Crippen LogP contribution in [0.15, 0.2) is 12.1 Å². The van der Waals surface area contributed by atoms with Gasteiger partial charge in [0.2, 0.25) is 0 Å². The second-order valence-corrected chi connectivity index (χ2v) is 6.12. The molecule has 1 atom stereocenters. The number of alkyl halides is 2. The summed E-state index contributed by atoms with van der Waals surface area (Å²) in [5, 5.41) is 0. The van der Waals surface area contributed by atoms with Crippen LogP contribution in [0.25, 0.3) is 0 Å². The molecule has 4 heteroatoms. The Morgan fingerprint density at radius 3 is 2.48 bits per heavy atom. The minimum atomic E-state index is -2.50. The molecule has 21 heavy (non-hydrogen) atoms. The van der Waals surface area contributed by atoms with Crippen molar-refractivity contribution in [3.8, 4) is 0 Å². The minimum absolute atomic E-state index is 0.0654. The van der Waals surface area contributed by atoms with Crippen LogP contribution in [0.2, 0.25) is 0 Å². The van der Waals surface area contributed by atoms with Crippen molar-refractivity contribution >= 4 is 5.82 Å². The third kappa shape index (κ3) is 3.92. The van der Waals surface area contributed by atoms with Crippen molar-refractivity contribution in [3.05, 3.63) is 23.4 Å². The molecule has 2 nitrogen and oxygen atoms in total. The number of piperidine rings is 1. The van der Waals surface area contributed by atoms with Crippen LogP contribution in [0.4, 0.5) is 14.6 Å². The van der Waals surface area contributed by atoms with Gasteiger partial charge in [0.25, 0.3) is 5.92 Å². The lowest BCUT2D eigenvalue weighted by atomic mass is 9.96. The number of rotatable bonds is 5. The van der Waals surface area contributed by atoms with Gasteiger partial charge in [0, 0.05) is 31.6 Å². The van der Waals surface area contributed by atoms with Gasteiger partial charge in [-0.1, -0.05) is 33.3 Å². The molecule has 1 aromatic rings. The van der Waals surface area contributed by atoms with E-state index in [0.717, 1.165) is 30.8 Å². The number of hydrogen-bond donors (Lipinski definition) is 0. The third-order valence-corrected chi connectivity index (χ3v) is 4.42. The Kier molecular flexibility index (Phi) is 5.17. The van der Waals surface area contributed by atoms with Crippen molar-refractivity contribution in [2.45, 2.75) is 64.7 Å². The molecule has 0 saturated carbocycles. The summed E-state index contributed by atoms with van der Waals surface area (Å²) in [5.41, 5.74) is 2.45. The Bertz CT molecular complexity index is 464. The molecule has 1 aliphatic heterocycles. The summed E-state index contributed by atoms with van der Waals surface area (Å²) < 4.78 is 26.5. The van der Waals surface area contributed by atoms with Crippen LogP contribution in [-0.2, 0) is 6.42 Å². The molecule has 0 N–H and O–H groups in total. The van der Waals surface area contributed by atoms with Crippen molar-refractivity contribution in [3.63, 3.8) is 0 Å². The van der Waals surface area contributed by atoms with E-state index in [9.17, 15) is 8.78 Å². The van der Waals surface area contributed by atoms with Crippen molar-refractivity contribution in [2.24, 2.45) is 0 Å². The number of anilines is 1. The highest BCUT2D eigenvalue weighted by molar-refractivity contribution is 5.43. The predicted octanol–water partition coefficient (Wildman–Crippen LogP) is 4.78. The second-order valence-electron chi connectivity index (χ2n) is 6.12. The van der Waals surface area contributed by atoms with Gasteiger partial charge in [-0.25, -0.2) is 13.8 Å². The van der Waals surface area contributed by atoms with Gasteiger partial charge < -0.3 is 4.90 Å². The predicted molar refractivity (Wildman–Crippen MR) is 83.3 cm³/mol. The van der Waals surface area contributed by atoms with E-state index in [4.69, 9.17) is 4.98 Å². The Hall–Kier alpha value is -1.19. The van der Waals surface area contributed by atoms with Gasteiger partial charge in [-0.2, -0.15) is 0 Å². The summed E-state index contributed by atoms with van der Waals surface area (Å²) in [6.07, 6.45) is 3.05. The molecular weight excluding hydrogens is 270 g/mol. The number of nitrogens with zero attached hydrogens (tertiary/aromatic N) is 2. The van der Waals surface area contributed by atoms with Gasteiger partial charge in [0.15, 0.2) is 0 Å². The summed E-state index contributed by atoms with van der Waals surface area (Å²) in [7, 11) is 0. The number of pyridine rings is 1. The third-order valence-electron chi connectivity index (χ3n) is 4.42. The van der Waals surface area contributed by atoms with Crippen LogP contribution in [-0.4, -0.2) is 24.0 Å². The van der Waals surface area contributed by atoms with Crippen molar-refractivity contribution in [1.29, 1.82) is 0 Å². The maximum absolute atomic E-state index is 13.3. The Balaban J connectivity index is 2.21. The fourth-order valence-electron chi connectivity index (χ4n) is 2.83. The van der Waals surface area contributed by atoms with Crippen LogP contribution in [0, 0.1) is 0 Å². The van der Waals surface area contributed by atoms with Crippen LogP contribution in [0.3, 0.4) is 0 Å². The first kappa shape index (κ1) is 16.2. The lowest BCUT2D eigenvalue weighted by Crippen LogP contribution is -2.39. The molecule has 1 unspecified atom stereocenters. The van der Waals surface area contributed by atoms with E-state index >= 15 is 0 Å². The van der Waals surface area contributed by atoms with Crippen LogP contribution >= 0.6 is 0 Å². The summed E-state index contributed by atoms with van der Waals surface area (Å²) >= 11 is 0. The van der Waals surface area contributed by atoms with Gasteiger partial charge in [-0.15, -0.1) is 0 Å². The van der Waals surface area contributed by atoms with Crippen LogP contribution in [0.5, 0.6) is 0 Å². The van der Waals surface area contributed by atoms with Gasteiger partial charge >= 0.3 is 0 Å². The molecule has 0 radical (unpaired) electrons. The van der Waals surface area contributed by atoms with Gasteiger partial charge in [-0.05, 0) is 30.4 Å². The van der Waals surface area contributed by atoms with Gasteiger partial charge in [0.1, 0.15) is 5.82 Å². The van der Waals surface area contributed by atoms with E-state index < -0.39 is 5.92 Å². The fraction of sp³-hybridized carbons (Fsp3) is 0.706. The summed E-state index contributed by atoms with van der Waals surface area (Å²) in [4.78, 5) is 6.81. The van der Waals surface area contributed by atoms with E-state index in [2.05, 4.69) is 26.8 Å². The normalized spacial score (nSPS) is 19.6. The SMILES string of the molecule is CCCc1ccc(N2CCC(F)(F)CC2)nc1C(C)CC. The highest BCUT2D eigenvalue weighted by Gasteiger charge is 2.34. The molecule has 1 aromatic heterocycles. The Morgan fingerprint density at radius 1 is 1.24 bits per heavy atom. The fourth-order valence-corrected chi connectivity index (χ4v) is 2.83. The first-order valence-corrected chi connectivity index (χ1v) is 8.09. The molecule has 0 aromatic carbocycles. The van der Waals surface area contributed by atoms with Crippen LogP contribution in [0.1, 0.15) is 63.6 Å². The van der Waals surface area contributed by atoms with E-state index in [1.54, 1.807) is 0 Å². The molecule has 2 rings (SSSR count). The largest absolute Gasteiger partial charge is 0.356 e. The molecule has 1 aliphatic rings. The van der Waals surface area contributed by atoms with E-state index in [-0.39, 0.29) is 12.8 Å². The maximum atomic E-state index is 13.3. The Morgan fingerprint density at radius 2 is 1.90 bits per heavy atom. The zero-order chi connectivity index (χ0) is 15.5. The number of aromatic nitrogens is 1. The van der Waals surface area contributed by atoms with Crippen molar-refractivity contribution in [1.82, 2.24) is 4.98 Å². The standard InChI is InChI=1S/C17H26F2N2/c1-4-6-14-7-8-15(20-16(14)13(3)5-2)21-11-9-17(18,19)10-12-21/h7-8,13H,4-6,9-12H2,1-3H3. The molecule has 0 bridgehead atoms. The van der Waals surface area contributed by atoms with Gasteiger partial charge in [-0.3, -0.25) is 0 Å². The van der Waals surface area contributed by atoms with E-state index in [1.165, 1.54) is 5.56 Å². The minimum Gasteiger partial charge on any atom is -0.356 e. The molecule has 1 fully saturated rings. The first-order valence-electron chi connectivity index (χ1n) is 8.09. The second kappa shape index (κ2) is 6.71. The zero-order valence-electron chi connectivity index (χ0n) is 13.3. The highest BCUT2D eigenvalue weighted by Crippen LogP contribution is 2.31.